The van der Waals surface area contributed by atoms with Crippen molar-refractivity contribution >= 4 is 45.8 Å². The molecular weight excluding hydrogens is 344 g/mol. The van der Waals surface area contributed by atoms with Gasteiger partial charge in [-0.2, -0.15) is 0 Å². The third kappa shape index (κ3) is 1.87. The molecule has 0 bridgehead atoms. The Labute approximate surface area is 111 Å². The predicted molar refractivity (Wildman–Crippen MR) is 68.9 cm³/mol. The molecule has 0 saturated heterocycles. The van der Waals surface area contributed by atoms with Crippen molar-refractivity contribution in [2.45, 2.75) is 12.5 Å². The first-order chi connectivity index (χ1) is 7.46. The van der Waals surface area contributed by atoms with Crippen LogP contribution in [-0.4, -0.2) is 23.2 Å². The number of ether oxygens (including phenoxy) is 1. The molecule has 16 heavy (non-hydrogen) atoms. The number of benzene rings is 1. The van der Waals surface area contributed by atoms with E-state index in [1.807, 2.05) is 0 Å². The maximum atomic E-state index is 11.7. The number of carbonyl (C=O) groups excluding carboxylic acids is 1. The van der Waals surface area contributed by atoms with Gasteiger partial charge in [-0.25, -0.2) is 0 Å². The summed E-state index contributed by atoms with van der Waals surface area (Å²) >= 11 is 7.96. The van der Waals surface area contributed by atoms with Gasteiger partial charge in [0.25, 0.3) is 5.91 Å². The molecule has 2 N–H and O–H groups in total. The highest BCUT2D eigenvalue weighted by Gasteiger charge is 2.40. The van der Waals surface area contributed by atoms with Crippen molar-refractivity contribution in [1.82, 2.24) is 0 Å². The predicted octanol–water partition coefficient (Wildman–Crippen LogP) is 2.03. The molecule has 0 spiro atoms. The van der Waals surface area contributed by atoms with E-state index in [9.17, 15) is 4.79 Å². The first-order valence-electron chi connectivity index (χ1n) is 4.56. The average Bonchev–Trinajstić information content (AvgIpc) is 2.21. The zero-order valence-corrected chi connectivity index (χ0v) is 11.3. The van der Waals surface area contributed by atoms with Gasteiger partial charge in [0.1, 0.15) is 5.75 Å². The first-order valence-corrected chi connectivity index (χ1v) is 6.02. The molecule has 1 heterocycles. The average molecular weight is 354 g/mol. The molecule has 0 fully saturated rings. The van der Waals surface area contributed by atoms with Crippen molar-refractivity contribution < 1.29 is 14.6 Å². The van der Waals surface area contributed by atoms with Crippen LogP contribution in [0.15, 0.2) is 12.1 Å². The van der Waals surface area contributed by atoms with Gasteiger partial charge in [0.2, 0.25) is 5.60 Å². The van der Waals surface area contributed by atoms with Crippen LogP contribution in [0, 0.1) is 3.57 Å². The van der Waals surface area contributed by atoms with Crippen LogP contribution in [0.5, 0.6) is 5.75 Å². The van der Waals surface area contributed by atoms with Crippen LogP contribution in [0.25, 0.3) is 0 Å². The smallest absolute Gasteiger partial charge is 0.270 e. The highest BCUT2D eigenvalue weighted by atomic mass is 127. The molecular formula is C10H9ClINO3. The molecule has 2 rings (SSSR count). The van der Waals surface area contributed by atoms with Gasteiger partial charge in [0.05, 0.1) is 12.3 Å². The van der Waals surface area contributed by atoms with Gasteiger partial charge in [-0.3, -0.25) is 4.79 Å². The van der Waals surface area contributed by atoms with E-state index in [4.69, 9.17) is 21.4 Å². The van der Waals surface area contributed by atoms with Crippen LogP contribution in [-0.2, 0) is 4.79 Å². The number of amides is 1. The second-order valence-electron chi connectivity index (χ2n) is 3.71. The van der Waals surface area contributed by atoms with Crippen LogP contribution in [0.1, 0.15) is 6.92 Å². The van der Waals surface area contributed by atoms with Crippen molar-refractivity contribution in [2.75, 3.05) is 11.9 Å². The summed E-state index contributed by atoms with van der Waals surface area (Å²) < 4.78 is 6.29. The Morgan fingerprint density at radius 2 is 2.31 bits per heavy atom. The Kier molecular flexibility index (Phi) is 3.02. The van der Waals surface area contributed by atoms with E-state index in [-0.39, 0.29) is 12.5 Å². The quantitative estimate of drug-likeness (QED) is 0.760. The second-order valence-corrected chi connectivity index (χ2v) is 5.30. The minimum absolute atomic E-state index is 0.359. The minimum Gasteiger partial charge on any atom is -0.473 e. The molecule has 1 atom stereocenters. The molecule has 1 aromatic rings. The van der Waals surface area contributed by atoms with E-state index in [2.05, 4.69) is 27.9 Å². The van der Waals surface area contributed by atoms with Gasteiger partial charge in [-0.15, -0.1) is 0 Å². The molecule has 0 radical (unpaired) electrons. The molecule has 1 aliphatic rings. The van der Waals surface area contributed by atoms with Gasteiger partial charge >= 0.3 is 0 Å². The molecule has 0 saturated carbocycles. The van der Waals surface area contributed by atoms with Crippen LogP contribution < -0.4 is 10.1 Å². The van der Waals surface area contributed by atoms with E-state index in [1.54, 1.807) is 12.1 Å². The van der Waals surface area contributed by atoms with Crippen molar-refractivity contribution in [2.24, 2.45) is 0 Å². The fourth-order valence-electron chi connectivity index (χ4n) is 1.39. The maximum absolute atomic E-state index is 11.7. The summed E-state index contributed by atoms with van der Waals surface area (Å²) in [7, 11) is 0. The number of hydrogen-bond donors (Lipinski definition) is 2. The fraction of sp³-hybridized carbons (Fsp3) is 0.300. The largest absolute Gasteiger partial charge is 0.473 e. The minimum atomic E-state index is -1.25. The lowest BCUT2D eigenvalue weighted by atomic mass is 10.0. The molecule has 1 aliphatic heterocycles. The summed E-state index contributed by atoms with van der Waals surface area (Å²) in [5.74, 6) is 0.121. The number of fused-ring (bicyclic) bond motifs is 1. The third-order valence-corrected chi connectivity index (χ3v) is 3.44. The molecule has 0 aromatic heterocycles. The van der Waals surface area contributed by atoms with Crippen LogP contribution in [0.3, 0.4) is 0 Å². The molecule has 0 aliphatic carbocycles. The van der Waals surface area contributed by atoms with E-state index in [0.29, 0.717) is 16.5 Å². The zero-order valence-electron chi connectivity index (χ0n) is 8.38. The Morgan fingerprint density at radius 3 is 2.94 bits per heavy atom. The Morgan fingerprint density at radius 1 is 1.62 bits per heavy atom. The fourth-order valence-corrected chi connectivity index (χ4v) is 2.52. The summed E-state index contributed by atoms with van der Waals surface area (Å²) in [6.07, 6.45) is 0. The van der Waals surface area contributed by atoms with Gasteiger partial charge in [-0.05, 0) is 35.6 Å². The molecule has 4 nitrogen and oxygen atoms in total. The van der Waals surface area contributed by atoms with E-state index < -0.39 is 5.60 Å². The van der Waals surface area contributed by atoms with Gasteiger partial charge in [-0.1, -0.05) is 11.6 Å². The highest BCUT2D eigenvalue weighted by Crippen LogP contribution is 2.39. The summed E-state index contributed by atoms with van der Waals surface area (Å²) in [4.78, 5) is 11.7. The molecule has 1 amide bonds. The highest BCUT2D eigenvalue weighted by molar-refractivity contribution is 14.1. The summed E-state index contributed by atoms with van der Waals surface area (Å²) in [6, 6.07) is 3.35. The van der Waals surface area contributed by atoms with Crippen molar-refractivity contribution in [1.29, 1.82) is 0 Å². The number of carbonyl (C=O) groups is 1. The number of anilines is 1. The van der Waals surface area contributed by atoms with E-state index >= 15 is 0 Å². The van der Waals surface area contributed by atoms with Crippen LogP contribution in [0.2, 0.25) is 5.02 Å². The molecule has 0 unspecified atom stereocenters. The lowest BCUT2D eigenvalue weighted by molar-refractivity contribution is -0.134. The SMILES string of the molecule is C[C@]1(CO)Oc2cc(Cl)cc(I)c2NC1=O. The van der Waals surface area contributed by atoms with Crippen molar-refractivity contribution in [3.8, 4) is 5.75 Å². The van der Waals surface area contributed by atoms with Gasteiger partial charge in [0, 0.05) is 14.7 Å². The zero-order chi connectivity index (χ0) is 11.9. The second kappa shape index (κ2) is 4.05. The van der Waals surface area contributed by atoms with Crippen molar-refractivity contribution in [3.05, 3.63) is 20.7 Å². The number of nitrogens with one attached hydrogen (secondary N) is 1. The maximum Gasteiger partial charge on any atom is 0.270 e. The van der Waals surface area contributed by atoms with Crippen molar-refractivity contribution in [3.63, 3.8) is 0 Å². The van der Waals surface area contributed by atoms with Gasteiger partial charge in [0.15, 0.2) is 0 Å². The first kappa shape index (κ1) is 11.9. The molecule has 1 aromatic carbocycles. The Hall–Kier alpha value is -0.530. The van der Waals surface area contributed by atoms with E-state index in [1.165, 1.54) is 6.92 Å². The lowest BCUT2D eigenvalue weighted by Crippen LogP contribution is -2.51. The number of aliphatic hydroxyl groups excluding tert-OH is 1. The summed E-state index contributed by atoms with van der Waals surface area (Å²) in [6.45, 7) is 1.14. The number of hydrogen-bond acceptors (Lipinski definition) is 3. The summed E-state index contributed by atoms with van der Waals surface area (Å²) in [5, 5.41) is 12.4. The Balaban J connectivity index is 2.51. The van der Waals surface area contributed by atoms with Crippen LogP contribution >= 0.6 is 34.2 Å². The standard InChI is InChI=1S/C10H9ClINO3/c1-10(4-14)9(15)13-8-6(12)2-5(11)3-7(8)16-10/h2-3,14H,4H2,1H3,(H,13,15)/t10-/m1/s1. The third-order valence-electron chi connectivity index (χ3n) is 2.37. The number of rotatable bonds is 1. The van der Waals surface area contributed by atoms with Gasteiger partial charge < -0.3 is 15.2 Å². The normalized spacial score (nSPS) is 23.4. The monoisotopic (exact) mass is 353 g/mol. The Bertz CT molecular complexity index is 466. The van der Waals surface area contributed by atoms with E-state index in [0.717, 1.165) is 3.57 Å². The molecule has 6 heteroatoms. The number of halogens is 2. The van der Waals surface area contributed by atoms with Crippen LogP contribution in [0.4, 0.5) is 5.69 Å². The topological polar surface area (TPSA) is 58.6 Å². The number of aliphatic hydroxyl groups is 1. The summed E-state index contributed by atoms with van der Waals surface area (Å²) in [5.41, 5.74) is -0.651. The lowest BCUT2D eigenvalue weighted by Gasteiger charge is -2.33. The molecule has 86 valence electrons.